The van der Waals surface area contributed by atoms with Crippen LogP contribution in [-0.4, -0.2) is 45.2 Å². The van der Waals surface area contributed by atoms with Gasteiger partial charge in [0.15, 0.2) is 0 Å². The summed E-state index contributed by atoms with van der Waals surface area (Å²) in [6.45, 7) is 7.37. The summed E-state index contributed by atoms with van der Waals surface area (Å²) >= 11 is 0. The van der Waals surface area contributed by atoms with Gasteiger partial charge in [-0.1, -0.05) is 13.8 Å². The molecule has 102 valence electrons. The van der Waals surface area contributed by atoms with Crippen LogP contribution in [0.3, 0.4) is 0 Å². The molecule has 0 bridgehead atoms. The van der Waals surface area contributed by atoms with Crippen molar-refractivity contribution in [3.05, 3.63) is 12.2 Å². The Hall–Kier alpha value is -0.980. The zero-order chi connectivity index (χ0) is 13.0. The number of hydrogen-bond acceptors (Lipinski definition) is 5. The molecule has 0 saturated carbocycles. The number of hydrogen-bond donors (Lipinski definition) is 2. The van der Waals surface area contributed by atoms with Gasteiger partial charge >= 0.3 is 0 Å². The molecule has 2 N–H and O–H groups in total. The van der Waals surface area contributed by atoms with Gasteiger partial charge in [-0.2, -0.15) is 5.10 Å². The predicted molar refractivity (Wildman–Crippen MR) is 67.0 cm³/mol. The summed E-state index contributed by atoms with van der Waals surface area (Å²) in [5.41, 5.74) is -0.719. The number of nitrogens with one attached hydrogen (secondary N) is 1. The van der Waals surface area contributed by atoms with Crippen molar-refractivity contribution in [1.29, 1.82) is 0 Å². The van der Waals surface area contributed by atoms with Crippen molar-refractivity contribution in [2.75, 3.05) is 19.8 Å². The molecule has 6 nitrogen and oxygen atoms in total. The summed E-state index contributed by atoms with van der Waals surface area (Å²) in [4.78, 5) is 4.23. The molecule has 1 aromatic rings. The maximum atomic E-state index is 10.1. The summed E-state index contributed by atoms with van der Waals surface area (Å²) in [6.07, 6.45) is 2.27. The van der Waals surface area contributed by atoms with Gasteiger partial charge in [-0.15, -0.1) is 0 Å². The summed E-state index contributed by atoms with van der Waals surface area (Å²) in [7, 11) is 0. The normalized spacial score (nSPS) is 24.0. The first-order chi connectivity index (χ1) is 8.59. The minimum Gasteiger partial charge on any atom is -0.386 e. The molecule has 6 heteroatoms. The lowest BCUT2D eigenvalue weighted by Crippen LogP contribution is -2.41. The molecule has 1 aliphatic heterocycles. The molecule has 2 rings (SSSR count). The quantitative estimate of drug-likeness (QED) is 0.757. The minimum atomic E-state index is -0.719. The second-order valence-electron chi connectivity index (χ2n) is 5.38. The van der Waals surface area contributed by atoms with Crippen LogP contribution in [0.25, 0.3) is 0 Å². The smallest absolute Gasteiger partial charge is 0.140 e. The van der Waals surface area contributed by atoms with Crippen molar-refractivity contribution in [3.63, 3.8) is 0 Å². The topological polar surface area (TPSA) is 72.2 Å². The van der Waals surface area contributed by atoms with Gasteiger partial charge in [-0.3, -0.25) is 0 Å². The molecule has 1 unspecified atom stereocenters. The first-order valence-electron chi connectivity index (χ1n) is 6.47. The van der Waals surface area contributed by atoms with Crippen LogP contribution in [0, 0.1) is 5.92 Å². The third kappa shape index (κ3) is 3.51. The van der Waals surface area contributed by atoms with Crippen molar-refractivity contribution >= 4 is 0 Å². The number of ether oxygens (including phenoxy) is 1. The predicted octanol–water partition coefficient (Wildman–Crippen LogP) is 0.175. The van der Waals surface area contributed by atoms with Crippen LogP contribution in [0.1, 0.15) is 26.1 Å². The van der Waals surface area contributed by atoms with Crippen LogP contribution >= 0.6 is 0 Å². The Labute approximate surface area is 107 Å². The summed E-state index contributed by atoms with van der Waals surface area (Å²) in [6, 6.07) is 0. The first-order valence-corrected chi connectivity index (χ1v) is 6.47. The van der Waals surface area contributed by atoms with E-state index in [0.29, 0.717) is 38.6 Å². The molecule has 0 spiro atoms. The Kier molecular flexibility index (Phi) is 4.31. The molecular formula is C12H22N4O2. The van der Waals surface area contributed by atoms with E-state index in [1.165, 1.54) is 0 Å². The van der Waals surface area contributed by atoms with Gasteiger partial charge in [-0.05, 0) is 5.92 Å². The molecule has 1 aliphatic rings. The Morgan fingerprint density at radius 1 is 1.61 bits per heavy atom. The molecular weight excluding hydrogens is 232 g/mol. The maximum Gasteiger partial charge on any atom is 0.140 e. The molecule has 18 heavy (non-hydrogen) atoms. The van der Waals surface area contributed by atoms with Crippen LogP contribution in [0.15, 0.2) is 6.33 Å². The van der Waals surface area contributed by atoms with Crippen LogP contribution in [-0.2, 0) is 17.8 Å². The van der Waals surface area contributed by atoms with Crippen molar-refractivity contribution in [2.24, 2.45) is 5.92 Å². The molecule has 0 radical (unpaired) electrons. The monoisotopic (exact) mass is 254 g/mol. The zero-order valence-electron chi connectivity index (χ0n) is 11.1. The first kappa shape index (κ1) is 13.5. The van der Waals surface area contributed by atoms with Crippen LogP contribution < -0.4 is 5.32 Å². The van der Waals surface area contributed by atoms with Gasteiger partial charge in [0.2, 0.25) is 0 Å². The van der Waals surface area contributed by atoms with E-state index in [-0.39, 0.29) is 0 Å². The van der Waals surface area contributed by atoms with Gasteiger partial charge in [0.25, 0.3) is 0 Å². The lowest BCUT2D eigenvalue weighted by atomic mass is 10.0. The van der Waals surface area contributed by atoms with E-state index in [1.54, 1.807) is 6.33 Å². The molecule has 0 aromatic carbocycles. The van der Waals surface area contributed by atoms with E-state index >= 15 is 0 Å². The number of nitrogens with zero attached hydrogens (tertiary/aromatic N) is 3. The lowest BCUT2D eigenvalue weighted by Gasteiger charge is -2.20. The van der Waals surface area contributed by atoms with E-state index in [2.05, 4.69) is 29.2 Å². The van der Waals surface area contributed by atoms with E-state index in [9.17, 15) is 5.11 Å². The highest BCUT2D eigenvalue weighted by molar-refractivity contribution is 4.88. The van der Waals surface area contributed by atoms with E-state index < -0.39 is 5.60 Å². The van der Waals surface area contributed by atoms with Gasteiger partial charge in [0.1, 0.15) is 17.8 Å². The fourth-order valence-electron chi connectivity index (χ4n) is 2.07. The second-order valence-corrected chi connectivity index (χ2v) is 5.38. The number of aromatic nitrogens is 3. The zero-order valence-corrected chi connectivity index (χ0v) is 11.1. The van der Waals surface area contributed by atoms with Crippen molar-refractivity contribution < 1.29 is 9.84 Å². The molecule has 2 heterocycles. The van der Waals surface area contributed by atoms with Crippen molar-refractivity contribution in [2.45, 2.75) is 39.0 Å². The highest BCUT2D eigenvalue weighted by Gasteiger charge is 2.31. The summed E-state index contributed by atoms with van der Waals surface area (Å²) in [5, 5.41) is 17.5. The van der Waals surface area contributed by atoms with Crippen molar-refractivity contribution in [1.82, 2.24) is 20.1 Å². The third-order valence-corrected chi connectivity index (χ3v) is 3.05. The Balaban J connectivity index is 1.81. The SMILES string of the molecule is CC(C)Cn1ncnc1CNCC1(O)CCOC1. The van der Waals surface area contributed by atoms with Gasteiger partial charge in [0, 0.05) is 26.1 Å². The van der Waals surface area contributed by atoms with Crippen LogP contribution in [0.2, 0.25) is 0 Å². The highest BCUT2D eigenvalue weighted by atomic mass is 16.5. The maximum absolute atomic E-state index is 10.1. The fourth-order valence-corrected chi connectivity index (χ4v) is 2.07. The van der Waals surface area contributed by atoms with E-state index in [4.69, 9.17) is 4.74 Å². The minimum absolute atomic E-state index is 0.415. The van der Waals surface area contributed by atoms with Crippen LogP contribution in [0.5, 0.6) is 0 Å². The third-order valence-electron chi connectivity index (χ3n) is 3.05. The largest absolute Gasteiger partial charge is 0.386 e. The Morgan fingerprint density at radius 3 is 3.11 bits per heavy atom. The molecule has 1 saturated heterocycles. The summed E-state index contributed by atoms with van der Waals surface area (Å²) in [5.74, 6) is 1.45. The highest BCUT2D eigenvalue weighted by Crippen LogP contribution is 2.16. The molecule has 0 aliphatic carbocycles. The molecule has 1 aromatic heterocycles. The molecule has 0 amide bonds. The Bertz CT molecular complexity index is 372. The summed E-state index contributed by atoms with van der Waals surface area (Å²) < 4.78 is 7.11. The van der Waals surface area contributed by atoms with Gasteiger partial charge in [0.05, 0.1) is 13.2 Å². The van der Waals surface area contributed by atoms with Gasteiger partial charge < -0.3 is 15.2 Å². The standard InChI is InChI=1S/C12H22N4O2/c1-10(2)6-16-11(14-9-15-16)5-13-7-12(17)3-4-18-8-12/h9-10,13,17H,3-8H2,1-2H3. The van der Waals surface area contributed by atoms with Crippen molar-refractivity contribution in [3.8, 4) is 0 Å². The van der Waals surface area contributed by atoms with Gasteiger partial charge in [-0.25, -0.2) is 9.67 Å². The average Bonchev–Trinajstić information content (AvgIpc) is 2.89. The number of rotatable bonds is 6. The average molecular weight is 254 g/mol. The van der Waals surface area contributed by atoms with E-state index in [0.717, 1.165) is 12.4 Å². The molecule has 1 atom stereocenters. The Morgan fingerprint density at radius 2 is 2.44 bits per heavy atom. The van der Waals surface area contributed by atoms with Crippen LogP contribution in [0.4, 0.5) is 0 Å². The lowest BCUT2D eigenvalue weighted by molar-refractivity contribution is 0.0266. The van der Waals surface area contributed by atoms with E-state index in [1.807, 2.05) is 4.68 Å². The number of aliphatic hydroxyl groups is 1. The molecule has 1 fully saturated rings. The fraction of sp³-hybridized carbons (Fsp3) is 0.833. The second kappa shape index (κ2) is 5.77.